The number of carbonyl (C=O) groups excluding carboxylic acids is 1. The lowest BCUT2D eigenvalue weighted by atomic mass is 9.97. The number of benzene rings is 2. The maximum atomic E-state index is 13.3. The first-order valence-corrected chi connectivity index (χ1v) is 9.41. The number of nitrogens with zero attached hydrogens (tertiary/aromatic N) is 3. The van der Waals surface area contributed by atoms with Crippen LogP contribution in [0.25, 0.3) is 11.4 Å². The fourth-order valence-electron chi connectivity index (χ4n) is 3.41. The van der Waals surface area contributed by atoms with Crippen LogP contribution in [0, 0.1) is 18.6 Å². The van der Waals surface area contributed by atoms with Gasteiger partial charge >= 0.3 is 6.03 Å². The molecule has 1 saturated heterocycles. The second kappa shape index (κ2) is 7.98. The van der Waals surface area contributed by atoms with E-state index in [0.29, 0.717) is 37.6 Å². The maximum absolute atomic E-state index is 13.3. The summed E-state index contributed by atoms with van der Waals surface area (Å²) >= 11 is 0. The van der Waals surface area contributed by atoms with E-state index in [9.17, 15) is 13.6 Å². The summed E-state index contributed by atoms with van der Waals surface area (Å²) in [7, 11) is 0. The molecule has 1 aliphatic rings. The molecular formula is C21H20F2N4O2. The molecule has 29 heavy (non-hydrogen) atoms. The monoisotopic (exact) mass is 398 g/mol. The Morgan fingerprint density at radius 2 is 1.93 bits per heavy atom. The van der Waals surface area contributed by atoms with Gasteiger partial charge in [-0.3, -0.25) is 0 Å². The maximum Gasteiger partial charge on any atom is 0.321 e. The molecule has 1 aliphatic heterocycles. The second-order valence-electron chi connectivity index (χ2n) is 7.15. The molecule has 1 fully saturated rings. The number of halogens is 2. The van der Waals surface area contributed by atoms with Crippen molar-refractivity contribution in [1.29, 1.82) is 0 Å². The molecule has 3 aromatic rings. The van der Waals surface area contributed by atoms with Crippen molar-refractivity contribution >= 4 is 11.7 Å². The molecule has 1 aromatic heterocycles. The molecule has 0 atom stereocenters. The van der Waals surface area contributed by atoms with Gasteiger partial charge in [0.25, 0.3) is 0 Å². The van der Waals surface area contributed by atoms with Crippen LogP contribution < -0.4 is 5.32 Å². The molecule has 2 heterocycles. The number of likely N-dealkylation sites (tertiary alicyclic amines) is 1. The van der Waals surface area contributed by atoms with Gasteiger partial charge in [0.2, 0.25) is 11.7 Å². The van der Waals surface area contributed by atoms with Crippen molar-refractivity contribution in [3.8, 4) is 11.4 Å². The largest absolute Gasteiger partial charge is 0.339 e. The minimum absolute atomic E-state index is 0.0772. The van der Waals surface area contributed by atoms with Crippen LogP contribution in [-0.2, 0) is 0 Å². The van der Waals surface area contributed by atoms with Gasteiger partial charge in [0.1, 0.15) is 0 Å². The van der Waals surface area contributed by atoms with E-state index in [1.165, 1.54) is 6.07 Å². The first-order valence-electron chi connectivity index (χ1n) is 9.41. The van der Waals surface area contributed by atoms with E-state index in [-0.39, 0.29) is 17.6 Å². The number of hydrogen-bond donors (Lipinski definition) is 1. The molecule has 0 aliphatic carbocycles. The highest BCUT2D eigenvalue weighted by atomic mass is 19.2. The van der Waals surface area contributed by atoms with E-state index in [4.69, 9.17) is 4.52 Å². The van der Waals surface area contributed by atoms with Gasteiger partial charge in [0, 0.05) is 36.3 Å². The third-order valence-corrected chi connectivity index (χ3v) is 5.02. The molecule has 4 rings (SSSR count). The first-order chi connectivity index (χ1) is 14.0. The minimum Gasteiger partial charge on any atom is -0.339 e. The van der Waals surface area contributed by atoms with Gasteiger partial charge in [-0.1, -0.05) is 28.9 Å². The van der Waals surface area contributed by atoms with Crippen molar-refractivity contribution in [1.82, 2.24) is 15.0 Å². The Kier molecular flexibility index (Phi) is 5.24. The van der Waals surface area contributed by atoms with E-state index in [0.717, 1.165) is 23.3 Å². The lowest BCUT2D eigenvalue weighted by Gasteiger charge is -2.30. The molecule has 150 valence electrons. The number of anilines is 1. The standard InChI is InChI=1S/C21H20F2N4O2/c1-13-3-2-4-15(11-13)19-25-20(29-26-19)14-7-9-27(10-8-14)21(28)24-16-5-6-17(22)18(23)12-16/h2-6,11-12,14H,7-10H2,1H3,(H,24,28). The van der Waals surface area contributed by atoms with Crippen molar-refractivity contribution in [2.75, 3.05) is 18.4 Å². The lowest BCUT2D eigenvalue weighted by molar-refractivity contribution is 0.187. The molecule has 0 radical (unpaired) electrons. The van der Waals surface area contributed by atoms with Gasteiger partial charge in [0.15, 0.2) is 11.6 Å². The average molecular weight is 398 g/mol. The van der Waals surface area contributed by atoms with E-state index >= 15 is 0 Å². The molecule has 0 spiro atoms. The summed E-state index contributed by atoms with van der Waals surface area (Å²) in [6, 6.07) is 10.8. The summed E-state index contributed by atoms with van der Waals surface area (Å²) in [5.41, 5.74) is 2.24. The molecule has 1 N–H and O–H groups in total. The summed E-state index contributed by atoms with van der Waals surface area (Å²) in [6.07, 6.45) is 1.36. The number of rotatable bonds is 3. The molecular weight excluding hydrogens is 378 g/mol. The van der Waals surface area contributed by atoms with Gasteiger partial charge in [-0.15, -0.1) is 0 Å². The van der Waals surface area contributed by atoms with Crippen LogP contribution >= 0.6 is 0 Å². The Balaban J connectivity index is 1.35. The number of aryl methyl sites for hydroxylation is 1. The second-order valence-corrected chi connectivity index (χ2v) is 7.15. The van der Waals surface area contributed by atoms with Gasteiger partial charge in [0.05, 0.1) is 0 Å². The van der Waals surface area contributed by atoms with Crippen LogP contribution in [0.1, 0.15) is 30.2 Å². The first kappa shape index (κ1) is 19.0. The Morgan fingerprint density at radius 3 is 2.66 bits per heavy atom. The quantitative estimate of drug-likeness (QED) is 0.692. The van der Waals surface area contributed by atoms with E-state index in [1.54, 1.807) is 4.90 Å². The fourth-order valence-corrected chi connectivity index (χ4v) is 3.41. The third kappa shape index (κ3) is 4.26. The lowest BCUT2D eigenvalue weighted by Crippen LogP contribution is -2.40. The van der Waals surface area contributed by atoms with E-state index < -0.39 is 11.6 Å². The van der Waals surface area contributed by atoms with Crippen LogP contribution in [0.3, 0.4) is 0 Å². The number of amides is 2. The van der Waals surface area contributed by atoms with Crippen molar-refractivity contribution in [3.05, 3.63) is 65.6 Å². The van der Waals surface area contributed by atoms with Gasteiger partial charge < -0.3 is 14.7 Å². The number of urea groups is 1. The topological polar surface area (TPSA) is 71.3 Å². The zero-order valence-corrected chi connectivity index (χ0v) is 15.9. The Hall–Kier alpha value is -3.29. The SMILES string of the molecule is Cc1cccc(-c2noc(C3CCN(C(=O)Nc4ccc(F)c(F)c4)CC3)n2)c1. The van der Waals surface area contributed by atoms with Crippen molar-refractivity contribution in [2.24, 2.45) is 0 Å². The Bertz CT molecular complexity index is 1030. The highest BCUT2D eigenvalue weighted by Gasteiger charge is 2.28. The summed E-state index contributed by atoms with van der Waals surface area (Å²) in [6.45, 7) is 3.01. The van der Waals surface area contributed by atoms with Gasteiger partial charge in [-0.2, -0.15) is 4.98 Å². The summed E-state index contributed by atoms with van der Waals surface area (Å²) in [4.78, 5) is 18.5. The Labute approximate surface area is 166 Å². The molecule has 8 heteroatoms. The molecule has 0 bridgehead atoms. The van der Waals surface area contributed by atoms with Crippen LogP contribution in [0.4, 0.5) is 19.3 Å². The smallest absolute Gasteiger partial charge is 0.321 e. The molecule has 0 unspecified atom stereocenters. The van der Waals surface area contributed by atoms with Gasteiger partial charge in [-0.05, 0) is 38.0 Å². The molecule has 6 nitrogen and oxygen atoms in total. The van der Waals surface area contributed by atoms with Crippen LogP contribution in [0.15, 0.2) is 47.0 Å². The van der Waals surface area contributed by atoms with E-state index in [2.05, 4.69) is 15.5 Å². The van der Waals surface area contributed by atoms with E-state index in [1.807, 2.05) is 31.2 Å². The fraction of sp³-hybridized carbons (Fsp3) is 0.286. The number of aromatic nitrogens is 2. The summed E-state index contributed by atoms with van der Waals surface area (Å²) in [5, 5.41) is 6.68. The number of hydrogen-bond acceptors (Lipinski definition) is 4. The highest BCUT2D eigenvalue weighted by Crippen LogP contribution is 2.29. The normalized spacial score (nSPS) is 14.8. The molecule has 0 saturated carbocycles. The van der Waals surface area contributed by atoms with Gasteiger partial charge in [-0.25, -0.2) is 13.6 Å². The average Bonchev–Trinajstić information content (AvgIpc) is 3.21. The predicted molar refractivity (Wildman–Crippen MR) is 103 cm³/mol. The Morgan fingerprint density at radius 1 is 1.14 bits per heavy atom. The minimum atomic E-state index is -0.998. The number of nitrogens with one attached hydrogen (secondary N) is 1. The van der Waals surface area contributed by atoms with Crippen LogP contribution in [0.5, 0.6) is 0 Å². The van der Waals surface area contributed by atoms with Crippen LogP contribution in [0.2, 0.25) is 0 Å². The van der Waals surface area contributed by atoms with Crippen molar-refractivity contribution in [2.45, 2.75) is 25.7 Å². The molecule has 2 aromatic carbocycles. The zero-order valence-electron chi connectivity index (χ0n) is 15.9. The molecule has 2 amide bonds. The predicted octanol–water partition coefficient (Wildman–Crippen LogP) is 4.73. The summed E-state index contributed by atoms with van der Waals surface area (Å²) < 4.78 is 31.8. The van der Waals surface area contributed by atoms with Crippen LogP contribution in [-0.4, -0.2) is 34.2 Å². The highest BCUT2D eigenvalue weighted by molar-refractivity contribution is 5.89. The van der Waals surface area contributed by atoms with Crippen molar-refractivity contribution < 1.29 is 18.1 Å². The summed E-state index contributed by atoms with van der Waals surface area (Å²) in [5.74, 6) is -0.742. The third-order valence-electron chi connectivity index (χ3n) is 5.02. The zero-order chi connectivity index (χ0) is 20.4. The van der Waals surface area contributed by atoms with Crippen molar-refractivity contribution in [3.63, 3.8) is 0 Å². The number of carbonyl (C=O) groups is 1. The number of piperidine rings is 1.